The van der Waals surface area contributed by atoms with E-state index in [0.29, 0.717) is 16.2 Å². The Labute approximate surface area is 154 Å². The Hall–Kier alpha value is -1.85. The van der Waals surface area contributed by atoms with Gasteiger partial charge in [-0.3, -0.25) is 9.59 Å². The van der Waals surface area contributed by atoms with E-state index in [0.717, 1.165) is 25.9 Å². The lowest BCUT2D eigenvalue weighted by atomic mass is 10.0. The predicted octanol–water partition coefficient (Wildman–Crippen LogP) is 3.00. The first-order valence-corrected chi connectivity index (χ1v) is 8.78. The van der Waals surface area contributed by atoms with Crippen molar-refractivity contribution in [2.24, 2.45) is 0 Å². The summed E-state index contributed by atoms with van der Waals surface area (Å²) in [6.07, 6.45) is 3.24. The number of likely N-dealkylation sites (tertiary alicyclic amines) is 1. The molecule has 1 aliphatic heterocycles. The van der Waals surface area contributed by atoms with Crippen LogP contribution in [-0.2, 0) is 9.53 Å². The van der Waals surface area contributed by atoms with Crippen LogP contribution in [0.5, 0.6) is 0 Å². The molecule has 1 aliphatic rings. The number of ether oxygens (including phenoxy) is 1. The minimum absolute atomic E-state index is 0.0357. The first-order chi connectivity index (χ1) is 11.8. The molecule has 0 aromatic heterocycles. The molecule has 1 heterocycles. The number of benzene rings is 1. The number of hydrogen-bond donors (Lipinski definition) is 0. The molecule has 0 amide bonds. The molecule has 0 spiro atoms. The van der Waals surface area contributed by atoms with Crippen molar-refractivity contribution in [1.82, 2.24) is 9.80 Å². The molecule has 0 radical (unpaired) electrons. The Kier molecular flexibility index (Phi) is 7.02. The maximum Gasteiger partial charge on any atom is 0.310 e. The summed E-state index contributed by atoms with van der Waals surface area (Å²) in [6.45, 7) is 1.84. The average molecular weight is 365 g/mol. The zero-order valence-electron chi connectivity index (χ0n) is 15.0. The average Bonchev–Trinajstić information content (AvgIpc) is 2.56. The molecule has 1 fully saturated rings. The molecule has 136 valence electrons. The smallest absolute Gasteiger partial charge is 0.310 e. The molecule has 0 saturated carbocycles. The molecule has 1 saturated heterocycles. The van der Waals surface area contributed by atoms with Crippen molar-refractivity contribution in [2.45, 2.75) is 25.4 Å². The number of ketones is 1. The molecule has 0 atom stereocenters. The molecule has 2 rings (SSSR count). The van der Waals surface area contributed by atoms with Gasteiger partial charge in [0.15, 0.2) is 5.78 Å². The van der Waals surface area contributed by atoms with Crippen LogP contribution in [0, 0.1) is 0 Å². The van der Waals surface area contributed by atoms with Crippen molar-refractivity contribution in [3.63, 3.8) is 0 Å². The Bertz CT molecular complexity index is 633. The number of carbonyl (C=O) groups is 2. The summed E-state index contributed by atoms with van der Waals surface area (Å²) < 4.78 is 5.56. The number of nitrogens with zero attached hydrogens (tertiary/aromatic N) is 2. The van der Waals surface area contributed by atoms with Gasteiger partial charge in [-0.1, -0.05) is 11.6 Å². The Morgan fingerprint density at radius 2 is 1.84 bits per heavy atom. The van der Waals surface area contributed by atoms with Crippen LogP contribution >= 0.6 is 11.6 Å². The van der Waals surface area contributed by atoms with E-state index in [1.54, 1.807) is 35.4 Å². The molecular weight excluding hydrogens is 340 g/mol. The highest BCUT2D eigenvalue weighted by Crippen LogP contribution is 2.18. The highest BCUT2D eigenvalue weighted by Gasteiger charge is 2.23. The summed E-state index contributed by atoms with van der Waals surface area (Å²) in [5.74, 6) is -0.546. The van der Waals surface area contributed by atoms with Crippen LogP contribution in [-0.4, -0.2) is 61.9 Å². The Morgan fingerprint density at radius 1 is 1.24 bits per heavy atom. The Morgan fingerprint density at radius 3 is 2.40 bits per heavy atom. The highest BCUT2D eigenvalue weighted by molar-refractivity contribution is 6.30. The predicted molar refractivity (Wildman–Crippen MR) is 98.8 cm³/mol. The molecule has 1 aromatic carbocycles. The van der Waals surface area contributed by atoms with Crippen LogP contribution in [0.15, 0.2) is 36.0 Å². The molecular formula is C19H25ClN2O3. The highest BCUT2D eigenvalue weighted by atomic mass is 35.5. The van der Waals surface area contributed by atoms with E-state index in [1.165, 1.54) is 0 Å². The topological polar surface area (TPSA) is 49.9 Å². The Balaban J connectivity index is 2.03. The van der Waals surface area contributed by atoms with Crippen molar-refractivity contribution < 1.29 is 14.3 Å². The monoisotopic (exact) mass is 364 g/mol. The van der Waals surface area contributed by atoms with E-state index in [-0.39, 0.29) is 24.3 Å². The lowest BCUT2D eigenvalue weighted by molar-refractivity contribution is -0.150. The van der Waals surface area contributed by atoms with Gasteiger partial charge in [-0.2, -0.15) is 0 Å². The fourth-order valence-electron chi connectivity index (χ4n) is 2.77. The van der Waals surface area contributed by atoms with Gasteiger partial charge in [0, 0.05) is 49.5 Å². The lowest BCUT2D eigenvalue weighted by Crippen LogP contribution is -2.35. The van der Waals surface area contributed by atoms with Gasteiger partial charge in [0.05, 0.1) is 6.42 Å². The second-order valence-electron chi connectivity index (χ2n) is 6.62. The molecule has 5 nitrogen and oxygen atoms in total. The third-order valence-electron chi connectivity index (χ3n) is 4.11. The van der Waals surface area contributed by atoms with E-state index in [2.05, 4.69) is 11.9 Å². The summed E-state index contributed by atoms with van der Waals surface area (Å²) in [6, 6.07) is 6.66. The third-order valence-corrected chi connectivity index (χ3v) is 4.36. The largest absolute Gasteiger partial charge is 0.462 e. The molecule has 0 N–H and O–H groups in total. The van der Waals surface area contributed by atoms with E-state index in [1.807, 2.05) is 14.1 Å². The number of carbonyl (C=O) groups excluding carboxylic acids is 2. The van der Waals surface area contributed by atoms with Crippen molar-refractivity contribution in [3.05, 3.63) is 46.6 Å². The number of esters is 1. The number of Topliss-reactive ketones (excluding diaryl/α,β-unsaturated/α-hetero) is 1. The number of hydrogen-bond acceptors (Lipinski definition) is 5. The summed E-state index contributed by atoms with van der Waals surface area (Å²) >= 11 is 5.87. The first-order valence-electron chi connectivity index (χ1n) is 8.40. The standard InChI is InChI=1S/C19H25ClN2O3/c1-21(2)13-15(19(24)14-4-6-16(20)7-5-14)12-18(23)25-17-8-10-22(3)11-9-17/h4-7,13,17H,8-12H2,1-3H3. The van der Waals surface area contributed by atoms with E-state index < -0.39 is 0 Å². The van der Waals surface area contributed by atoms with Crippen molar-refractivity contribution >= 4 is 23.4 Å². The quantitative estimate of drug-likeness (QED) is 0.441. The van der Waals surface area contributed by atoms with E-state index in [9.17, 15) is 9.59 Å². The molecule has 1 aromatic rings. The maximum absolute atomic E-state index is 12.7. The number of halogens is 1. The molecule has 0 aliphatic carbocycles. The van der Waals surface area contributed by atoms with Gasteiger partial charge in [-0.05, 0) is 44.2 Å². The molecule has 6 heteroatoms. The van der Waals surface area contributed by atoms with E-state index >= 15 is 0 Å². The minimum Gasteiger partial charge on any atom is -0.462 e. The van der Waals surface area contributed by atoms with Crippen molar-refractivity contribution in [2.75, 3.05) is 34.2 Å². The SMILES string of the molecule is CN(C)C=C(CC(=O)OC1CCN(C)CC1)C(=O)c1ccc(Cl)cc1. The summed E-state index contributed by atoms with van der Waals surface area (Å²) in [5, 5.41) is 0.566. The molecule has 0 unspecified atom stereocenters. The van der Waals surface area contributed by atoms with Gasteiger partial charge in [-0.25, -0.2) is 0 Å². The second kappa shape index (κ2) is 9.02. The lowest BCUT2D eigenvalue weighted by Gasteiger charge is -2.28. The zero-order chi connectivity index (χ0) is 18.4. The number of piperidine rings is 1. The van der Waals surface area contributed by atoms with Crippen LogP contribution in [0.1, 0.15) is 29.6 Å². The van der Waals surface area contributed by atoms with Crippen LogP contribution in [0.3, 0.4) is 0 Å². The number of rotatable bonds is 6. The zero-order valence-corrected chi connectivity index (χ0v) is 15.8. The van der Waals surface area contributed by atoms with Gasteiger partial charge in [0.1, 0.15) is 6.10 Å². The van der Waals surface area contributed by atoms with Crippen LogP contribution in [0.2, 0.25) is 5.02 Å². The van der Waals surface area contributed by atoms with Gasteiger partial charge in [0.25, 0.3) is 0 Å². The fraction of sp³-hybridized carbons (Fsp3) is 0.474. The second-order valence-corrected chi connectivity index (χ2v) is 7.06. The molecule has 25 heavy (non-hydrogen) atoms. The van der Waals surface area contributed by atoms with Crippen LogP contribution < -0.4 is 0 Å². The summed E-state index contributed by atoms with van der Waals surface area (Å²) in [4.78, 5) is 29.0. The van der Waals surface area contributed by atoms with Gasteiger partial charge < -0.3 is 14.5 Å². The van der Waals surface area contributed by atoms with Gasteiger partial charge in [-0.15, -0.1) is 0 Å². The first kappa shape index (κ1) is 19.5. The van der Waals surface area contributed by atoms with Crippen molar-refractivity contribution in [1.29, 1.82) is 0 Å². The van der Waals surface area contributed by atoms with E-state index in [4.69, 9.17) is 16.3 Å². The van der Waals surface area contributed by atoms with Gasteiger partial charge >= 0.3 is 5.97 Å². The maximum atomic E-state index is 12.7. The minimum atomic E-state index is -0.357. The molecule has 0 bridgehead atoms. The third kappa shape index (κ3) is 6.18. The summed E-state index contributed by atoms with van der Waals surface area (Å²) in [7, 11) is 5.69. The van der Waals surface area contributed by atoms with Crippen molar-refractivity contribution in [3.8, 4) is 0 Å². The van der Waals surface area contributed by atoms with Crippen LogP contribution in [0.4, 0.5) is 0 Å². The van der Waals surface area contributed by atoms with Gasteiger partial charge in [0.2, 0.25) is 0 Å². The summed E-state index contributed by atoms with van der Waals surface area (Å²) in [5.41, 5.74) is 0.912. The van der Waals surface area contributed by atoms with Crippen LogP contribution in [0.25, 0.3) is 0 Å². The normalized spacial score (nSPS) is 16.6. The fourth-order valence-corrected chi connectivity index (χ4v) is 2.89.